The number of nitrogens with one attached hydrogen (secondary N) is 1. The molecule has 0 aliphatic carbocycles. The molecule has 1 aliphatic heterocycles. The maximum atomic E-state index is 14.5. The van der Waals surface area contributed by atoms with Gasteiger partial charge in [-0.3, -0.25) is 9.59 Å². The van der Waals surface area contributed by atoms with Gasteiger partial charge in [-0.15, -0.1) is 0 Å². The summed E-state index contributed by atoms with van der Waals surface area (Å²) in [5.41, 5.74) is 6.52. The van der Waals surface area contributed by atoms with Crippen LogP contribution >= 0.6 is 23.2 Å². The standard InChI is InChI=1S/C19H20Cl2FN3O3/c1-9-6-13(26)14(16(22)15(9)21)17(23)10-2-4-25(5-3-10)19(28)11-7-12(20)18(27)24-8-11/h6-8,10,17,26H,2-5,23H2,1H3,(H,24,27)/t17-/m1/s1. The highest BCUT2D eigenvalue weighted by Gasteiger charge is 2.31. The Kier molecular flexibility index (Phi) is 5.98. The molecule has 0 spiro atoms. The molecular formula is C19H20Cl2FN3O3. The van der Waals surface area contributed by atoms with Crippen LogP contribution < -0.4 is 11.3 Å². The smallest absolute Gasteiger partial charge is 0.266 e. The first kappa shape index (κ1) is 20.6. The third kappa shape index (κ3) is 3.87. The van der Waals surface area contributed by atoms with Gasteiger partial charge in [-0.1, -0.05) is 23.2 Å². The Morgan fingerprint density at radius 2 is 2.00 bits per heavy atom. The molecule has 1 fully saturated rings. The number of piperidine rings is 1. The summed E-state index contributed by atoms with van der Waals surface area (Å²) < 4.78 is 14.5. The first-order chi connectivity index (χ1) is 13.2. The Balaban J connectivity index is 1.72. The van der Waals surface area contributed by atoms with Gasteiger partial charge in [0.15, 0.2) is 5.82 Å². The quantitative estimate of drug-likeness (QED) is 0.698. The number of benzene rings is 1. The van der Waals surface area contributed by atoms with E-state index in [-0.39, 0.29) is 33.2 Å². The van der Waals surface area contributed by atoms with E-state index in [1.807, 2.05) is 0 Å². The molecule has 0 saturated carbocycles. The van der Waals surface area contributed by atoms with Crippen LogP contribution in [0.1, 0.15) is 40.4 Å². The number of hydrogen-bond donors (Lipinski definition) is 3. The lowest BCUT2D eigenvalue weighted by Crippen LogP contribution is -2.41. The van der Waals surface area contributed by atoms with Crippen molar-refractivity contribution in [3.63, 3.8) is 0 Å². The lowest BCUT2D eigenvalue weighted by atomic mass is 9.85. The number of carbonyl (C=O) groups is 1. The number of nitrogens with two attached hydrogens (primary N) is 1. The van der Waals surface area contributed by atoms with E-state index in [4.69, 9.17) is 28.9 Å². The van der Waals surface area contributed by atoms with Crippen LogP contribution in [0.25, 0.3) is 0 Å². The second kappa shape index (κ2) is 8.11. The van der Waals surface area contributed by atoms with Crippen molar-refractivity contribution in [3.05, 3.63) is 61.2 Å². The molecule has 1 aromatic carbocycles. The van der Waals surface area contributed by atoms with E-state index in [0.717, 1.165) is 0 Å². The predicted molar refractivity (Wildman–Crippen MR) is 105 cm³/mol. The molecule has 0 unspecified atom stereocenters. The van der Waals surface area contributed by atoms with Gasteiger partial charge in [0.1, 0.15) is 10.8 Å². The van der Waals surface area contributed by atoms with Crippen LogP contribution in [0.4, 0.5) is 4.39 Å². The zero-order valence-corrected chi connectivity index (χ0v) is 16.6. The summed E-state index contributed by atoms with van der Waals surface area (Å²) in [5, 5.41) is 10.0. The van der Waals surface area contributed by atoms with Gasteiger partial charge < -0.3 is 20.7 Å². The van der Waals surface area contributed by atoms with E-state index in [9.17, 15) is 19.1 Å². The molecular weight excluding hydrogens is 408 g/mol. The summed E-state index contributed by atoms with van der Waals surface area (Å²) in [6.45, 7) is 2.43. The topological polar surface area (TPSA) is 99.4 Å². The summed E-state index contributed by atoms with van der Waals surface area (Å²) >= 11 is 11.7. The summed E-state index contributed by atoms with van der Waals surface area (Å²) in [7, 11) is 0. The van der Waals surface area contributed by atoms with Gasteiger partial charge in [-0.05, 0) is 43.4 Å². The minimum atomic E-state index is -0.738. The zero-order valence-electron chi connectivity index (χ0n) is 15.1. The molecule has 9 heteroatoms. The van der Waals surface area contributed by atoms with E-state index >= 15 is 0 Å². The molecule has 0 radical (unpaired) electrons. The van der Waals surface area contributed by atoms with Crippen LogP contribution in [0.2, 0.25) is 10.0 Å². The van der Waals surface area contributed by atoms with E-state index in [2.05, 4.69) is 4.98 Å². The van der Waals surface area contributed by atoms with Crippen molar-refractivity contribution in [3.8, 4) is 5.75 Å². The number of phenols is 1. The molecule has 1 amide bonds. The molecule has 4 N–H and O–H groups in total. The van der Waals surface area contributed by atoms with E-state index < -0.39 is 17.4 Å². The van der Waals surface area contributed by atoms with Gasteiger partial charge in [-0.25, -0.2) is 4.39 Å². The average molecular weight is 428 g/mol. The molecule has 0 bridgehead atoms. The van der Waals surface area contributed by atoms with Gasteiger partial charge >= 0.3 is 0 Å². The number of likely N-dealkylation sites (tertiary alicyclic amines) is 1. The summed E-state index contributed by atoms with van der Waals surface area (Å²) in [6, 6.07) is 2.00. The fourth-order valence-electron chi connectivity index (χ4n) is 3.53. The van der Waals surface area contributed by atoms with Crippen molar-refractivity contribution in [1.82, 2.24) is 9.88 Å². The number of aromatic hydroxyl groups is 1. The molecule has 2 heterocycles. The van der Waals surface area contributed by atoms with Gasteiger partial charge in [0, 0.05) is 30.9 Å². The first-order valence-corrected chi connectivity index (χ1v) is 9.56. The monoisotopic (exact) mass is 427 g/mol. The van der Waals surface area contributed by atoms with Crippen molar-refractivity contribution in [2.75, 3.05) is 13.1 Å². The Hall–Kier alpha value is -2.09. The highest BCUT2D eigenvalue weighted by atomic mass is 35.5. The second-order valence-electron chi connectivity index (χ2n) is 6.98. The highest BCUT2D eigenvalue weighted by Crippen LogP contribution is 2.38. The third-order valence-electron chi connectivity index (χ3n) is 5.18. The van der Waals surface area contributed by atoms with Crippen molar-refractivity contribution < 1.29 is 14.3 Å². The minimum absolute atomic E-state index is 0.00722. The number of carbonyl (C=O) groups excluding carboxylic acids is 1. The van der Waals surface area contributed by atoms with E-state index in [1.165, 1.54) is 18.3 Å². The number of amides is 1. The van der Waals surface area contributed by atoms with Gasteiger partial charge in [0.05, 0.1) is 10.6 Å². The second-order valence-corrected chi connectivity index (χ2v) is 7.76. The zero-order chi connectivity index (χ0) is 20.6. The van der Waals surface area contributed by atoms with E-state index in [0.29, 0.717) is 37.1 Å². The Morgan fingerprint density at radius 3 is 2.61 bits per heavy atom. The number of aromatic nitrogens is 1. The SMILES string of the molecule is Cc1cc(O)c([C@H](N)C2CCN(C(=O)c3c[nH]c(=O)c(Cl)c3)CC2)c(F)c1Cl. The molecule has 2 aromatic rings. The summed E-state index contributed by atoms with van der Waals surface area (Å²) in [6.07, 6.45) is 2.40. The molecule has 6 nitrogen and oxygen atoms in total. The van der Waals surface area contributed by atoms with Crippen LogP contribution in [-0.2, 0) is 0 Å². The van der Waals surface area contributed by atoms with Crippen molar-refractivity contribution in [1.29, 1.82) is 0 Å². The number of nitrogens with zero attached hydrogens (tertiary/aromatic N) is 1. The maximum absolute atomic E-state index is 14.5. The van der Waals surface area contributed by atoms with Gasteiger partial charge in [-0.2, -0.15) is 0 Å². The van der Waals surface area contributed by atoms with Crippen LogP contribution in [0.3, 0.4) is 0 Å². The number of rotatable bonds is 3. The average Bonchev–Trinajstić information content (AvgIpc) is 2.68. The molecule has 1 aliphatic rings. The number of phenolic OH excluding ortho intramolecular Hbond substituents is 1. The van der Waals surface area contributed by atoms with Crippen molar-refractivity contribution in [2.24, 2.45) is 11.7 Å². The highest BCUT2D eigenvalue weighted by molar-refractivity contribution is 6.31. The summed E-state index contributed by atoms with van der Waals surface area (Å²) in [5.74, 6) is -1.29. The van der Waals surface area contributed by atoms with Gasteiger partial charge in [0.2, 0.25) is 0 Å². The molecule has 1 atom stereocenters. The van der Waals surface area contributed by atoms with E-state index in [1.54, 1.807) is 11.8 Å². The molecule has 1 saturated heterocycles. The fourth-order valence-corrected chi connectivity index (χ4v) is 3.85. The largest absolute Gasteiger partial charge is 0.507 e. The summed E-state index contributed by atoms with van der Waals surface area (Å²) in [4.78, 5) is 28.0. The molecule has 150 valence electrons. The van der Waals surface area contributed by atoms with Crippen LogP contribution in [0.5, 0.6) is 5.75 Å². The normalized spacial score (nSPS) is 16.2. The molecule has 28 heavy (non-hydrogen) atoms. The predicted octanol–water partition coefficient (Wildman–Crippen LogP) is 3.39. The Bertz CT molecular complexity index is 972. The van der Waals surface area contributed by atoms with Crippen molar-refractivity contribution >= 4 is 29.1 Å². The van der Waals surface area contributed by atoms with Gasteiger partial charge in [0.25, 0.3) is 11.5 Å². The first-order valence-electron chi connectivity index (χ1n) is 8.81. The number of H-pyrrole nitrogens is 1. The minimum Gasteiger partial charge on any atom is -0.507 e. The van der Waals surface area contributed by atoms with Crippen LogP contribution in [-0.4, -0.2) is 34.0 Å². The molecule has 1 aromatic heterocycles. The number of pyridine rings is 1. The molecule has 3 rings (SSSR count). The lowest BCUT2D eigenvalue weighted by Gasteiger charge is -2.35. The number of halogens is 3. The Morgan fingerprint density at radius 1 is 1.36 bits per heavy atom. The Labute approximate surface area is 171 Å². The van der Waals surface area contributed by atoms with Crippen LogP contribution in [0, 0.1) is 18.7 Å². The third-order valence-corrected chi connectivity index (χ3v) is 5.92. The number of aryl methyl sites for hydroxylation is 1. The maximum Gasteiger partial charge on any atom is 0.266 e. The van der Waals surface area contributed by atoms with Crippen molar-refractivity contribution in [2.45, 2.75) is 25.8 Å². The lowest BCUT2D eigenvalue weighted by molar-refractivity contribution is 0.0676. The number of hydrogen-bond acceptors (Lipinski definition) is 4. The fraction of sp³-hybridized carbons (Fsp3) is 0.368. The van der Waals surface area contributed by atoms with Crippen LogP contribution in [0.15, 0.2) is 23.1 Å². The number of aromatic amines is 1.